The molecule has 2 aromatic carbocycles. The van der Waals surface area contributed by atoms with Crippen LogP contribution in [0.2, 0.25) is 0 Å². The summed E-state index contributed by atoms with van der Waals surface area (Å²) in [6, 6.07) is 21.0. The predicted molar refractivity (Wildman–Crippen MR) is 106 cm³/mol. The van der Waals surface area contributed by atoms with Gasteiger partial charge in [-0.3, -0.25) is 4.90 Å². The Morgan fingerprint density at radius 2 is 1.70 bits per heavy atom. The quantitative estimate of drug-likeness (QED) is 0.780. The van der Waals surface area contributed by atoms with Gasteiger partial charge in [-0.05, 0) is 61.7 Å². The van der Waals surface area contributed by atoms with Crippen LogP contribution in [-0.4, -0.2) is 39.0 Å². The summed E-state index contributed by atoms with van der Waals surface area (Å²) in [5.74, 6) is 0. The van der Waals surface area contributed by atoms with Gasteiger partial charge in [0, 0.05) is 18.2 Å². The van der Waals surface area contributed by atoms with Gasteiger partial charge in [0.1, 0.15) is 0 Å². The zero-order chi connectivity index (χ0) is 18.3. The highest BCUT2D eigenvalue weighted by Crippen LogP contribution is 2.46. The smallest absolute Gasteiger partial charge is 0.0678 e. The van der Waals surface area contributed by atoms with E-state index in [0.717, 1.165) is 44.6 Å². The van der Waals surface area contributed by atoms with Gasteiger partial charge in [0.25, 0.3) is 0 Å². The lowest BCUT2D eigenvalue weighted by molar-refractivity contribution is 0.0409. The fraction of sp³-hybridized carbons (Fsp3) is 0.348. The molecule has 0 bridgehead atoms. The van der Waals surface area contributed by atoms with Crippen LogP contribution in [-0.2, 0) is 18.4 Å². The Hall–Kier alpha value is -2.43. The summed E-state index contributed by atoms with van der Waals surface area (Å²) in [6.45, 7) is 2.90. The Bertz CT molecular complexity index is 926. The first-order valence-corrected chi connectivity index (χ1v) is 9.83. The van der Waals surface area contributed by atoms with Crippen molar-refractivity contribution in [3.05, 3.63) is 83.7 Å². The van der Waals surface area contributed by atoms with Crippen molar-refractivity contribution in [2.75, 3.05) is 13.1 Å². The summed E-state index contributed by atoms with van der Waals surface area (Å²) < 4.78 is 2.03. The zero-order valence-electron chi connectivity index (χ0n) is 15.5. The first-order chi connectivity index (χ1) is 13.3. The third-order valence-corrected chi connectivity index (χ3v) is 6.46. The lowest BCUT2D eigenvalue weighted by Crippen LogP contribution is -2.47. The number of benzene rings is 2. The Morgan fingerprint density at radius 1 is 0.963 bits per heavy atom. The van der Waals surface area contributed by atoms with Gasteiger partial charge in [-0.1, -0.05) is 42.5 Å². The van der Waals surface area contributed by atoms with Crippen molar-refractivity contribution in [2.45, 2.75) is 37.3 Å². The number of para-hydroxylation sites is 1. The molecule has 0 saturated carbocycles. The zero-order valence-corrected chi connectivity index (χ0v) is 15.5. The van der Waals surface area contributed by atoms with Crippen LogP contribution in [0.5, 0.6) is 0 Å². The maximum absolute atomic E-state index is 10.8. The van der Waals surface area contributed by atoms with Crippen molar-refractivity contribution >= 4 is 0 Å². The maximum atomic E-state index is 10.8. The maximum Gasteiger partial charge on any atom is 0.0678 e. The van der Waals surface area contributed by atoms with Gasteiger partial charge in [0.15, 0.2) is 0 Å². The summed E-state index contributed by atoms with van der Waals surface area (Å²) in [7, 11) is 0. The van der Waals surface area contributed by atoms with Crippen LogP contribution in [0.25, 0.3) is 5.69 Å². The van der Waals surface area contributed by atoms with Crippen molar-refractivity contribution in [2.24, 2.45) is 0 Å². The Labute approximate surface area is 160 Å². The number of likely N-dealkylation sites (tertiary alicyclic amines) is 1. The number of aliphatic hydroxyl groups excluding tert-OH is 1. The molecule has 2 heterocycles. The first-order valence-electron chi connectivity index (χ1n) is 9.83. The monoisotopic (exact) mass is 359 g/mol. The second-order valence-electron chi connectivity index (χ2n) is 7.88. The highest BCUT2D eigenvalue weighted by atomic mass is 16.3. The normalized spacial score (nSPS) is 21.4. The Kier molecular flexibility index (Phi) is 4.10. The minimum Gasteiger partial charge on any atom is -0.392 e. The average Bonchev–Trinajstić information content (AvgIpc) is 3.28. The number of nitrogens with zero attached hydrogens (tertiary/aromatic N) is 3. The molecule has 1 saturated heterocycles. The van der Waals surface area contributed by atoms with Crippen LogP contribution in [0.3, 0.4) is 0 Å². The van der Waals surface area contributed by atoms with E-state index < -0.39 is 0 Å². The van der Waals surface area contributed by atoms with Crippen LogP contribution >= 0.6 is 0 Å². The molecule has 1 aromatic heterocycles. The van der Waals surface area contributed by atoms with Crippen molar-refractivity contribution < 1.29 is 5.11 Å². The molecular weight excluding hydrogens is 334 g/mol. The molecule has 0 unspecified atom stereocenters. The highest BCUT2D eigenvalue weighted by molar-refractivity contribution is 5.42. The topological polar surface area (TPSA) is 41.3 Å². The van der Waals surface area contributed by atoms with E-state index in [2.05, 4.69) is 52.5 Å². The summed E-state index contributed by atoms with van der Waals surface area (Å²) >= 11 is 0. The molecular formula is C23H25N3O. The molecule has 1 atom stereocenters. The molecule has 3 aromatic rings. The SMILES string of the molecule is O[C@H]1Cc2ccccc2C12CCN(Cc1ccnn1-c1ccccc1)CC2. The molecule has 1 aliphatic heterocycles. The number of aromatic nitrogens is 2. The largest absolute Gasteiger partial charge is 0.392 e. The van der Waals surface area contributed by atoms with E-state index in [1.54, 1.807) is 0 Å². The molecule has 138 valence electrons. The second-order valence-corrected chi connectivity index (χ2v) is 7.88. The average molecular weight is 359 g/mol. The van der Waals surface area contributed by atoms with Crippen LogP contribution in [0.1, 0.15) is 29.7 Å². The molecule has 1 N–H and O–H groups in total. The van der Waals surface area contributed by atoms with E-state index in [1.165, 1.54) is 16.8 Å². The fourth-order valence-electron chi connectivity index (χ4n) is 4.96. The van der Waals surface area contributed by atoms with Crippen LogP contribution in [0.15, 0.2) is 66.9 Å². The molecule has 1 spiro atoms. The minimum atomic E-state index is -0.244. The molecule has 27 heavy (non-hydrogen) atoms. The van der Waals surface area contributed by atoms with E-state index in [-0.39, 0.29) is 11.5 Å². The van der Waals surface area contributed by atoms with Gasteiger partial charge < -0.3 is 5.11 Å². The number of rotatable bonds is 3. The van der Waals surface area contributed by atoms with Gasteiger partial charge in [-0.15, -0.1) is 0 Å². The molecule has 1 fully saturated rings. The molecule has 1 aliphatic carbocycles. The minimum absolute atomic E-state index is 0.0488. The highest BCUT2D eigenvalue weighted by Gasteiger charge is 2.47. The third kappa shape index (κ3) is 2.80. The van der Waals surface area contributed by atoms with Crippen LogP contribution < -0.4 is 0 Å². The Morgan fingerprint density at radius 3 is 2.52 bits per heavy atom. The van der Waals surface area contributed by atoms with E-state index in [9.17, 15) is 5.11 Å². The first kappa shape index (κ1) is 16.7. The summed E-state index contributed by atoms with van der Waals surface area (Å²) in [5.41, 5.74) is 4.98. The lowest BCUT2D eigenvalue weighted by atomic mass is 9.72. The number of hydrogen-bond donors (Lipinski definition) is 1. The lowest BCUT2D eigenvalue weighted by Gasteiger charge is -2.42. The van der Waals surface area contributed by atoms with E-state index >= 15 is 0 Å². The van der Waals surface area contributed by atoms with Crippen molar-refractivity contribution in [3.8, 4) is 5.69 Å². The van der Waals surface area contributed by atoms with E-state index in [0.29, 0.717) is 0 Å². The molecule has 5 rings (SSSR count). The molecule has 2 aliphatic rings. The summed E-state index contributed by atoms with van der Waals surface area (Å²) in [6.07, 6.45) is 4.48. The molecule has 4 heteroatoms. The third-order valence-electron chi connectivity index (χ3n) is 6.46. The van der Waals surface area contributed by atoms with Gasteiger partial charge in [0.2, 0.25) is 0 Å². The van der Waals surface area contributed by atoms with Gasteiger partial charge in [0.05, 0.1) is 17.5 Å². The molecule has 0 radical (unpaired) electrons. The van der Waals surface area contributed by atoms with Crippen molar-refractivity contribution in [1.82, 2.24) is 14.7 Å². The standard InChI is InChI=1S/C23H25N3O/c27-22-16-18-6-4-5-9-21(18)23(22)11-14-25(15-12-23)17-20-10-13-24-26(20)19-7-2-1-3-8-19/h1-10,13,22,27H,11-12,14-17H2/t22-/m0/s1. The van der Waals surface area contributed by atoms with Gasteiger partial charge >= 0.3 is 0 Å². The summed E-state index contributed by atoms with van der Waals surface area (Å²) in [4.78, 5) is 2.50. The molecule has 0 amide bonds. The van der Waals surface area contributed by atoms with Gasteiger partial charge in [-0.25, -0.2) is 4.68 Å². The second kappa shape index (κ2) is 6.63. The van der Waals surface area contributed by atoms with Crippen LogP contribution in [0.4, 0.5) is 0 Å². The van der Waals surface area contributed by atoms with E-state index in [4.69, 9.17) is 0 Å². The molecule has 4 nitrogen and oxygen atoms in total. The number of fused-ring (bicyclic) bond motifs is 2. The number of aliphatic hydroxyl groups is 1. The van der Waals surface area contributed by atoms with E-state index in [1.807, 2.05) is 29.1 Å². The number of hydrogen-bond acceptors (Lipinski definition) is 3. The van der Waals surface area contributed by atoms with Crippen LogP contribution in [0, 0.1) is 0 Å². The predicted octanol–water partition coefficient (Wildman–Crippen LogP) is 3.32. The van der Waals surface area contributed by atoms with Crippen molar-refractivity contribution in [1.29, 1.82) is 0 Å². The Balaban J connectivity index is 1.32. The van der Waals surface area contributed by atoms with Gasteiger partial charge in [-0.2, -0.15) is 5.10 Å². The summed E-state index contributed by atoms with van der Waals surface area (Å²) in [5, 5.41) is 15.3. The fourth-order valence-corrected chi connectivity index (χ4v) is 4.96. The number of piperidine rings is 1. The van der Waals surface area contributed by atoms with Crippen molar-refractivity contribution in [3.63, 3.8) is 0 Å².